The predicted octanol–water partition coefficient (Wildman–Crippen LogP) is 3.98. The Balaban J connectivity index is 1.86. The molecule has 3 heterocycles. The fraction of sp³-hybridized carbons (Fsp3) is 0.360. The van der Waals surface area contributed by atoms with Gasteiger partial charge in [0.15, 0.2) is 0 Å². The average Bonchev–Trinajstić information content (AvgIpc) is 3.30. The van der Waals surface area contributed by atoms with Gasteiger partial charge in [-0.2, -0.15) is 5.10 Å². The zero-order chi connectivity index (χ0) is 23.9. The number of carbonyl (C=O) groups is 2. The first-order chi connectivity index (χ1) is 15.7. The van der Waals surface area contributed by atoms with Gasteiger partial charge in [-0.25, -0.2) is 9.79 Å². The molecule has 2 aliphatic heterocycles. The maximum absolute atomic E-state index is 13.2. The Morgan fingerprint density at radius 2 is 1.94 bits per heavy atom. The van der Waals surface area contributed by atoms with Crippen molar-refractivity contribution in [2.24, 2.45) is 12.0 Å². The van der Waals surface area contributed by atoms with Gasteiger partial charge in [0.05, 0.1) is 18.2 Å². The minimum Gasteiger partial charge on any atom is -0.460 e. The van der Waals surface area contributed by atoms with Crippen molar-refractivity contribution in [1.29, 1.82) is 0 Å². The highest BCUT2D eigenvalue weighted by Crippen LogP contribution is 2.48. The van der Waals surface area contributed by atoms with E-state index < -0.39 is 17.2 Å². The Bertz CT molecular complexity index is 1210. The molecule has 0 N–H and O–H groups in total. The molecule has 33 heavy (non-hydrogen) atoms. The van der Waals surface area contributed by atoms with Gasteiger partial charge < -0.3 is 9.64 Å². The highest BCUT2D eigenvalue weighted by Gasteiger charge is 2.50. The van der Waals surface area contributed by atoms with Crippen molar-refractivity contribution >= 4 is 29.2 Å². The molecule has 172 valence electrons. The van der Waals surface area contributed by atoms with Crippen molar-refractivity contribution < 1.29 is 14.3 Å². The van der Waals surface area contributed by atoms with Crippen LogP contribution in [0.4, 0.5) is 0 Å². The van der Waals surface area contributed by atoms with Gasteiger partial charge in [-0.1, -0.05) is 23.7 Å². The van der Waals surface area contributed by atoms with E-state index in [0.29, 0.717) is 11.6 Å². The summed E-state index contributed by atoms with van der Waals surface area (Å²) < 4.78 is 6.80. The highest BCUT2D eigenvalue weighted by molar-refractivity contribution is 6.41. The molecular weight excluding hydrogens is 440 g/mol. The first-order valence-electron chi connectivity index (χ1n) is 10.9. The molecule has 0 amide bonds. The number of benzene rings is 1. The number of hydrogen-bond donors (Lipinski definition) is 0. The van der Waals surface area contributed by atoms with Crippen molar-refractivity contribution in [2.75, 3.05) is 6.61 Å². The molecule has 1 aromatic heterocycles. The lowest BCUT2D eigenvalue weighted by Gasteiger charge is -2.37. The van der Waals surface area contributed by atoms with Crippen molar-refractivity contribution in [3.05, 3.63) is 75.7 Å². The molecule has 2 aromatic rings. The topological polar surface area (TPSA) is 76.8 Å². The average molecular weight is 467 g/mol. The summed E-state index contributed by atoms with van der Waals surface area (Å²) in [5.41, 5.74) is 3.33. The van der Waals surface area contributed by atoms with Crippen molar-refractivity contribution in [3.63, 3.8) is 0 Å². The zero-order valence-corrected chi connectivity index (χ0v) is 20.2. The van der Waals surface area contributed by atoms with E-state index in [0.717, 1.165) is 28.1 Å². The Labute approximate surface area is 198 Å². The van der Waals surface area contributed by atoms with E-state index in [1.165, 1.54) is 6.20 Å². The quantitative estimate of drug-likeness (QED) is 0.475. The summed E-state index contributed by atoms with van der Waals surface area (Å²) >= 11 is 6.16. The summed E-state index contributed by atoms with van der Waals surface area (Å²) in [6, 6.07) is 7.43. The van der Waals surface area contributed by atoms with Crippen LogP contribution in [-0.2, 0) is 33.3 Å². The van der Waals surface area contributed by atoms with Gasteiger partial charge in [0.25, 0.3) is 5.78 Å². The van der Waals surface area contributed by atoms with Gasteiger partial charge in [-0.05, 0) is 51.0 Å². The van der Waals surface area contributed by atoms with Gasteiger partial charge in [0, 0.05) is 53.8 Å². The van der Waals surface area contributed by atoms with Crippen LogP contribution in [0.5, 0.6) is 0 Å². The maximum atomic E-state index is 13.2. The summed E-state index contributed by atoms with van der Waals surface area (Å²) in [5, 5.41) is 4.87. The van der Waals surface area contributed by atoms with Crippen LogP contribution in [0.3, 0.4) is 0 Å². The number of hydrogen-bond acceptors (Lipinski definition) is 6. The van der Waals surface area contributed by atoms with E-state index in [-0.39, 0.29) is 18.2 Å². The molecule has 4 rings (SSSR count). The van der Waals surface area contributed by atoms with Crippen LogP contribution in [0.25, 0.3) is 0 Å². The molecular formula is C25H27ClN4O3. The number of aryl methyl sites for hydroxylation is 1. The molecule has 0 fully saturated rings. The number of ketones is 1. The number of esters is 1. The van der Waals surface area contributed by atoms with Crippen LogP contribution in [0, 0.1) is 0 Å². The van der Waals surface area contributed by atoms with Gasteiger partial charge in [-0.3, -0.25) is 9.48 Å². The van der Waals surface area contributed by atoms with E-state index in [1.807, 2.05) is 38.5 Å². The molecule has 2 atom stereocenters. The normalized spacial score (nSPS) is 22.1. The van der Waals surface area contributed by atoms with Gasteiger partial charge >= 0.3 is 5.97 Å². The Hall–Kier alpha value is -3.19. The third-order valence-electron chi connectivity index (χ3n) is 6.58. The zero-order valence-electron chi connectivity index (χ0n) is 19.4. The number of fused-ring (bicyclic) bond motifs is 1. The predicted molar refractivity (Wildman–Crippen MR) is 127 cm³/mol. The fourth-order valence-electron chi connectivity index (χ4n) is 4.73. The number of amidine groups is 1. The van der Waals surface area contributed by atoms with E-state index in [2.05, 4.69) is 23.8 Å². The second-order valence-corrected chi connectivity index (χ2v) is 9.00. The molecule has 0 saturated carbocycles. The third kappa shape index (κ3) is 3.80. The molecule has 0 aliphatic carbocycles. The molecule has 7 nitrogen and oxygen atoms in total. The summed E-state index contributed by atoms with van der Waals surface area (Å²) in [6.07, 6.45) is 5.34. The number of Topliss-reactive ketones (excluding diaryl/α,β-unsaturated/α-hetero) is 1. The van der Waals surface area contributed by atoms with E-state index in [4.69, 9.17) is 21.3 Å². The molecule has 2 aliphatic rings. The minimum atomic E-state index is -0.895. The molecule has 8 heteroatoms. The van der Waals surface area contributed by atoms with Crippen LogP contribution in [0.2, 0.25) is 5.02 Å². The first-order valence-corrected chi connectivity index (χ1v) is 11.3. The molecule has 2 unspecified atom stereocenters. The van der Waals surface area contributed by atoms with Crippen molar-refractivity contribution in [2.45, 2.75) is 45.7 Å². The number of aliphatic imine (C=N–C) groups is 1. The Morgan fingerprint density at radius 1 is 1.24 bits per heavy atom. The summed E-state index contributed by atoms with van der Waals surface area (Å²) in [7, 11) is 1.89. The number of nitrogens with zero attached hydrogens (tertiary/aromatic N) is 4. The van der Waals surface area contributed by atoms with Gasteiger partial charge in [0.1, 0.15) is 5.84 Å². The van der Waals surface area contributed by atoms with Crippen LogP contribution in [0.1, 0.15) is 38.8 Å². The number of aromatic nitrogens is 2. The lowest BCUT2D eigenvalue weighted by Crippen LogP contribution is -2.42. The largest absolute Gasteiger partial charge is 0.460 e. The standard InChI is InChI=1S/C25H27ClN4O3/c1-6-33-24(32)22(31)20-12-27-23-21(25(20,4)18-7-9-19(26)10-8-18)15(2)16(3)30(23)14-17-11-28-29(5)13-17/h7-13,16H,6,14H2,1-5H3. The van der Waals surface area contributed by atoms with Crippen LogP contribution >= 0.6 is 11.6 Å². The smallest absolute Gasteiger partial charge is 0.379 e. The van der Waals surface area contributed by atoms with E-state index in [9.17, 15) is 9.59 Å². The van der Waals surface area contributed by atoms with Crippen LogP contribution in [-0.4, -0.2) is 44.9 Å². The summed E-state index contributed by atoms with van der Waals surface area (Å²) in [4.78, 5) is 32.6. The van der Waals surface area contributed by atoms with Gasteiger partial charge in [-0.15, -0.1) is 0 Å². The molecule has 0 saturated heterocycles. The lowest BCUT2D eigenvalue weighted by molar-refractivity contribution is -0.152. The maximum Gasteiger partial charge on any atom is 0.379 e. The number of rotatable bonds is 6. The highest BCUT2D eigenvalue weighted by atomic mass is 35.5. The van der Waals surface area contributed by atoms with Crippen LogP contribution in [0.15, 0.2) is 64.6 Å². The number of ether oxygens (including phenoxy) is 1. The lowest BCUT2D eigenvalue weighted by atomic mass is 9.67. The van der Waals surface area contributed by atoms with Gasteiger partial charge in [0.2, 0.25) is 0 Å². The molecule has 1 aromatic carbocycles. The SMILES string of the molecule is CCOC(=O)C(=O)C1=CN=C2C(=C(C)C(C)N2Cc2cnn(C)c2)C1(C)c1ccc(Cl)cc1. The minimum absolute atomic E-state index is 0.0519. The van der Waals surface area contributed by atoms with Crippen LogP contribution < -0.4 is 0 Å². The summed E-state index contributed by atoms with van der Waals surface area (Å²) in [5.74, 6) is -0.767. The van der Waals surface area contributed by atoms with Crippen molar-refractivity contribution in [3.8, 4) is 0 Å². The Kier molecular flexibility index (Phi) is 6.01. The fourth-order valence-corrected chi connectivity index (χ4v) is 4.86. The van der Waals surface area contributed by atoms with E-state index >= 15 is 0 Å². The number of carbonyl (C=O) groups excluding carboxylic acids is 2. The monoisotopic (exact) mass is 466 g/mol. The third-order valence-corrected chi connectivity index (χ3v) is 6.83. The second-order valence-electron chi connectivity index (χ2n) is 8.56. The second kappa shape index (κ2) is 8.63. The molecule has 0 radical (unpaired) electrons. The van der Waals surface area contributed by atoms with Crippen molar-refractivity contribution in [1.82, 2.24) is 14.7 Å². The first kappa shape index (κ1) is 23.0. The number of halogens is 1. The van der Waals surface area contributed by atoms with E-state index in [1.54, 1.807) is 23.7 Å². The summed E-state index contributed by atoms with van der Waals surface area (Å²) in [6.45, 7) is 8.57. The molecule has 0 bridgehead atoms. The molecule has 0 spiro atoms. The Morgan fingerprint density at radius 3 is 2.55 bits per heavy atom.